The number of nitrogens with two attached hydrogens (primary N) is 1. The van der Waals surface area contributed by atoms with Crippen molar-refractivity contribution in [1.29, 1.82) is 0 Å². The average molecular weight is 246 g/mol. The summed E-state index contributed by atoms with van der Waals surface area (Å²) in [7, 11) is 0. The van der Waals surface area contributed by atoms with Crippen molar-refractivity contribution in [2.24, 2.45) is 17.6 Å². The predicted molar refractivity (Wildman–Crippen MR) is 76.4 cm³/mol. The SMILES string of the molecule is CCc1ccc(CC2(N)CCC(C)CC2C)nc1. The van der Waals surface area contributed by atoms with Gasteiger partial charge in [0.05, 0.1) is 0 Å². The zero-order valence-corrected chi connectivity index (χ0v) is 11.9. The number of aryl methyl sites for hydroxylation is 1. The molecule has 2 N–H and O–H groups in total. The summed E-state index contributed by atoms with van der Waals surface area (Å²) in [6.45, 7) is 6.80. The maximum Gasteiger partial charge on any atom is 0.0422 e. The molecule has 2 rings (SSSR count). The van der Waals surface area contributed by atoms with E-state index >= 15 is 0 Å². The molecule has 100 valence electrons. The lowest BCUT2D eigenvalue weighted by atomic mass is 9.68. The third-order valence-electron chi connectivity index (χ3n) is 4.64. The van der Waals surface area contributed by atoms with Crippen LogP contribution in [0.2, 0.25) is 0 Å². The van der Waals surface area contributed by atoms with E-state index in [9.17, 15) is 0 Å². The maximum atomic E-state index is 6.63. The second kappa shape index (κ2) is 5.40. The van der Waals surface area contributed by atoms with Gasteiger partial charge < -0.3 is 5.73 Å². The Balaban J connectivity index is 2.07. The Bertz CT molecular complexity index is 385. The molecule has 3 atom stereocenters. The van der Waals surface area contributed by atoms with Crippen molar-refractivity contribution in [2.45, 2.75) is 58.4 Å². The van der Waals surface area contributed by atoms with Gasteiger partial charge in [0, 0.05) is 23.9 Å². The van der Waals surface area contributed by atoms with E-state index < -0.39 is 0 Å². The van der Waals surface area contributed by atoms with Crippen LogP contribution in [0.4, 0.5) is 0 Å². The minimum Gasteiger partial charge on any atom is -0.325 e. The molecule has 1 heterocycles. The third-order valence-corrected chi connectivity index (χ3v) is 4.64. The summed E-state index contributed by atoms with van der Waals surface area (Å²) in [5.41, 5.74) is 9.03. The van der Waals surface area contributed by atoms with Crippen LogP contribution in [0.25, 0.3) is 0 Å². The quantitative estimate of drug-likeness (QED) is 0.888. The van der Waals surface area contributed by atoms with E-state index in [1.807, 2.05) is 6.20 Å². The lowest BCUT2D eigenvalue weighted by molar-refractivity contribution is 0.162. The third kappa shape index (κ3) is 2.92. The fraction of sp³-hybridized carbons (Fsp3) is 0.688. The number of hydrogen-bond donors (Lipinski definition) is 1. The smallest absolute Gasteiger partial charge is 0.0422 e. The molecule has 1 fully saturated rings. The first-order chi connectivity index (χ1) is 8.53. The van der Waals surface area contributed by atoms with Crippen molar-refractivity contribution in [3.8, 4) is 0 Å². The Hall–Kier alpha value is -0.890. The lowest BCUT2D eigenvalue weighted by Crippen LogP contribution is -2.51. The van der Waals surface area contributed by atoms with Gasteiger partial charge in [-0.15, -0.1) is 0 Å². The highest BCUT2D eigenvalue weighted by molar-refractivity contribution is 5.16. The minimum atomic E-state index is -0.0484. The minimum absolute atomic E-state index is 0.0484. The molecule has 3 unspecified atom stereocenters. The molecule has 0 amide bonds. The fourth-order valence-corrected chi connectivity index (χ4v) is 3.09. The Morgan fingerprint density at radius 1 is 1.39 bits per heavy atom. The maximum absolute atomic E-state index is 6.63. The summed E-state index contributed by atoms with van der Waals surface area (Å²) in [5, 5.41) is 0. The van der Waals surface area contributed by atoms with E-state index in [-0.39, 0.29) is 5.54 Å². The number of pyridine rings is 1. The lowest BCUT2D eigenvalue weighted by Gasteiger charge is -2.42. The average Bonchev–Trinajstić information content (AvgIpc) is 2.36. The van der Waals surface area contributed by atoms with Crippen LogP contribution in [0.5, 0.6) is 0 Å². The van der Waals surface area contributed by atoms with E-state index in [1.54, 1.807) is 0 Å². The molecule has 2 heteroatoms. The molecule has 1 aromatic rings. The fourth-order valence-electron chi connectivity index (χ4n) is 3.09. The molecule has 0 spiro atoms. The molecule has 0 aromatic carbocycles. The van der Waals surface area contributed by atoms with Crippen molar-refractivity contribution >= 4 is 0 Å². The van der Waals surface area contributed by atoms with Crippen molar-refractivity contribution in [2.75, 3.05) is 0 Å². The Labute approximate surface area is 111 Å². The molecule has 0 saturated heterocycles. The number of aromatic nitrogens is 1. The van der Waals surface area contributed by atoms with E-state index in [4.69, 9.17) is 5.73 Å². The first kappa shape index (κ1) is 13.5. The van der Waals surface area contributed by atoms with Gasteiger partial charge in [-0.3, -0.25) is 4.98 Å². The van der Waals surface area contributed by atoms with E-state index in [1.165, 1.54) is 18.4 Å². The van der Waals surface area contributed by atoms with Gasteiger partial charge in [0.25, 0.3) is 0 Å². The molecule has 1 aromatic heterocycles. The van der Waals surface area contributed by atoms with Crippen LogP contribution < -0.4 is 5.73 Å². The molecule has 0 bridgehead atoms. The van der Waals surface area contributed by atoms with Gasteiger partial charge in [-0.2, -0.15) is 0 Å². The Morgan fingerprint density at radius 3 is 2.72 bits per heavy atom. The number of rotatable bonds is 3. The Morgan fingerprint density at radius 2 is 2.17 bits per heavy atom. The summed E-state index contributed by atoms with van der Waals surface area (Å²) >= 11 is 0. The highest BCUT2D eigenvalue weighted by atomic mass is 14.8. The predicted octanol–water partition coefficient (Wildman–Crippen LogP) is 3.34. The van der Waals surface area contributed by atoms with Crippen LogP contribution in [-0.2, 0) is 12.8 Å². The van der Waals surface area contributed by atoms with Crippen LogP contribution in [-0.4, -0.2) is 10.5 Å². The summed E-state index contributed by atoms with van der Waals surface area (Å²) in [6.07, 6.45) is 7.61. The largest absolute Gasteiger partial charge is 0.325 e. The summed E-state index contributed by atoms with van der Waals surface area (Å²) in [5.74, 6) is 1.42. The highest BCUT2D eigenvalue weighted by Crippen LogP contribution is 2.36. The molecule has 1 aliphatic carbocycles. The summed E-state index contributed by atoms with van der Waals surface area (Å²) < 4.78 is 0. The summed E-state index contributed by atoms with van der Waals surface area (Å²) in [4.78, 5) is 4.56. The normalized spacial score (nSPS) is 32.4. The topological polar surface area (TPSA) is 38.9 Å². The molecule has 1 saturated carbocycles. The first-order valence-corrected chi connectivity index (χ1v) is 7.26. The van der Waals surface area contributed by atoms with Gasteiger partial charge >= 0.3 is 0 Å². The molecule has 2 nitrogen and oxygen atoms in total. The van der Waals surface area contributed by atoms with Crippen molar-refractivity contribution in [1.82, 2.24) is 4.98 Å². The number of nitrogens with zero attached hydrogens (tertiary/aromatic N) is 1. The molecular weight excluding hydrogens is 220 g/mol. The van der Waals surface area contributed by atoms with Crippen LogP contribution in [0.15, 0.2) is 18.3 Å². The van der Waals surface area contributed by atoms with Gasteiger partial charge in [-0.25, -0.2) is 0 Å². The van der Waals surface area contributed by atoms with Gasteiger partial charge in [0.15, 0.2) is 0 Å². The molecule has 0 radical (unpaired) electrons. The first-order valence-electron chi connectivity index (χ1n) is 7.26. The zero-order valence-electron chi connectivity index (χ0n) is 11.9. The van der Waals surface area contributed by atoms with Crippen molar-refractivity contribution < 1.29 is 0 Å². The van der Waals surface area contributed by atoms with Gasteiger partial charge in [-0.1, -0.05) is 26.8 Å². The highest BCUT2D eigenvalue weighted by Gasteiger charge is 2.36. The van der Waals surface area contributed by atoms with Gasteiger partial charge in [0.2, 0.25) is 0 Å². The standard InChI is InChI=1S/C16H26N2/c1-4-14-5-6-15(18-11-14)10-16(17)8-7-12(2)9-13(16)3/h5-6,11-13H,4,7-10,17H2,1-3H3. The number of hydrogen-bond acceptors (Lipinski definition) is 2. The van der Waals surface area contributed by atoms with Crippen molar-refractivity contribution in [3.05, 3.63) is 29.6 Å². The molecule has 0 aliphatic heterocycles. The van der Waals surface area contributed by atoms with Crippen LogP contribution >= 0.6 is 0 Å². The van der Waals surface area contributed by atoms with E-state index in [2.05, 4.69) is 37.9 Å². The molecule has 1 aliphatic rings. The zero-order chi connectivity index (χ0) is 13.2. The molecular formula is C16H26N2. The second-order valence-electron chi connectivity index (χ2n) is 6.20. The van der Waals surface area contributed by atoms with Crippen LogP contribution in [0.3, 0.4) is 0 Å². The van der Waals surface area contributed by atoms with Crippen molar-refractivity contribution in [3.63, 3.8) is 0 Å². The van der Waals surface area contributed by atoms with E-state index in [0.717, 1.165) is 30.9 Å². The van der Waals surface area contributed by atoms with Crippen LogP contribution in [0, 0.1) is 11.8 Å². The van der Waals surface area contributed by atoms with Gasteiger partial charge in [-0.05, 0) is 49.1 Å². The van der Waals surface area contributed by atoms with E-state index in [0.29, 0.717) is 5.92 Å². The second-order valence-corrected chi connectivity index (χ2v) is 6.20. The monoisotopic (exact) mass is 246 g/mol. The molecule has 18 heavy (non-hydrogen) atoms. The Kier molecular flexibility index (Phi) is 4.06. The van der Waals surface area contributed by atoms with Gasteiger partial charge in [0.1, 0.15) is 0 Å². The van der Waals surface area contributed by atoms with Crippen LogP contribution in [0.1, 0.15) is 51.3 Å². The summed E-state index contributed by atoms with van der Waals surface area (Å²) in [6, 6.07) is 4.33.